The van der Waals surface area contributed by atoms with Crippen LogP contribution in [0.4, 0.5) is 0 Å². The van der Waals surface area contributed by atoms with Gasteiger partial charge in [-0.25, -0.2) is 0 Å². The van der Waals surface area contributed by atoms with Crippen molar-refractivity contribution in [2.24, 2.45) is 0 Å². The highest BCUT2D eigenvalue weighted by molar-refractivity contribution is 6.07. The van der Waals surface area contributed by atoms with E-state index in [1.165, 1.54) is 33.0 Å². The van der Waals surface area contributed by atoms with Crippen molar-refractivity contribution in [1.29, 1.82) is 0 Å². The molecule has 3 nitrogen and oxygen atoms in total. The Morgan fingerprint density at radius 1 is 0.536 bits per heavy atom. The van der Waals surface area contributed by atoms with E-state index in [0.717, 1.165) is 28.0 Å². The van der Waals surface area contributed by atoms with Crippen LogP contribution in [0, 0.1) is 13.8 Å². The maximum Gasteiger partial charge on any atom is 0.161 e. The number of benzene rings is 4. The van der Waals surface area contributed by atoms with Gasteiger partial charge in [0.1, 0.15) is 5.75 Å². The van der Waals surface area contributed by atoms with Crippen molar-refractivity contribution in [3.8, 4) is 28.4 Å². The van der Waals surface area contributed by atoms with Crippen molar-refractivity contribution in [1.82, 2.24) is 0 Å². The van der Waals surface area contributed by atoms with E-state index in [0.29, 0.717) is 0 Å². The van der Waals surface area contributed by atoms with Crippen LogP contribution in [0.3, 0.4) is 0 Å². The minimum absolute atomic E-state index is 0.735. The lowest BCUT2D eigenvalue weighted by Gasteiger charge is -2.16. The highest BCUT2D eigenvalue weighted by Gasteiger charge is 2.14. The van der Waals surface area contributed by atoms with Gasteiger partial charge in [0, 0.05) is 0 Å². The molecular formula is C25H24O3. The summed E-state index contributed by atoms with van der Waals surface area (Å²) in [6.45, 7) is 4.25. The lowest BCUT2D eigenvalue weighted by Crippen LogP contribution is -1.93. The van der Waals surface area contributed by atoms with Gasteiger partial charge in [-0.15, -0.1) is 0 Å². The zero-order valence-corrected chi connectivity index (χ0v) is 16.9. The zero-order chi connectivity index (χ0) is 19.8. The number of methoxy groups -OCH3 is 3. The molecule has 142 valence electrons. The number of aryl methyl sites for hydroxylation is 2. The van der Waals surface area contributed by atoms with Crippen molar-refractivity contribution in [2.75, 3.05) is 21.3 Å². The van der Waals surface area contributed by atoms with E-state index >= 15 is 0 Å². The Morgan fingerprint density at radius 3 is 1.71 bits per heavy atom. The summed E-state index contributed by atoms with van der Waals surface area (Å²) in [5, 5.41) is 4.65. The van der Waals surface area contributed by atoms with Crippen LogP contribution in [0.25, 0.3) is 32.7 Å². The molecule has 0 radical (unpaired) electrons. The van der Waals surface area contributed by atoms with Gasteiger partial charge in [0.25, 0.3) is 0 Å². The van der Waals surface area contributed by atoms with Gasteiger partial charge in [-0.2, -0.15) is 0 Å². The molecule has 0 spiro atoms. The number of rotatable bonds is 4. The Balaban J connectivity index is 2.09. The molecule has 0 N–H and O–H groups in total. The average molecular weight is 372 g/mol. The third-order valence-electron chi connectivity index (χ3n) is 5.20. The maximum absolute atomic E-state index is 5.57. The van der Waals surface area contributed by atoms with Crippen molar-refractivity contribution in [2.45, 2.75) is 13.8 Å². The summed E-state index contributed by atoms with van der Waals surface area (Å²) in [6.07, 6.45) is 0. The first-order valence-corrected chi connectivity index (χ1v) is 9.29. The quantitative estimate of drug-likeness (QED) is 0.420. The summed E-state index contributed by atoms with van der Waals surface area (Å²) in [7, 11) is 5.04. The first kappa shape index (κ1) is 18.2. The second-order valence-electron chi connectivity index (χ2n) is 7.14. The number of hydrogen-bond acceptors (Lipinski definition) is 3. The second kappa shape index (κ2) is 7.08. The number of ether oxygens (including phenoxy) is 3. The Hall–Kier alpha value is -3.20. The topological polar surface area (TPSA) is 27.7 Å². The lowest BCUT2D eigenvalue weighted by molar-refractivity contribution is 0.356. The Bertz CT molecular complexity index is 1190. The van der Waals surface area contributed by atoms with E-state index in [2.05, 4.69) is 56.3 Å². The fourth-order valence-corrected chi connectivity index (χ4v) is 3.91. The van der Waals surface area contributed by atoms with Gasteiger partial charge in [0.05, 0.1) is 21.3 Å². The zero-order valence-electron chi connectivity index (χ0n) is 16.9. The smallest absolute Gasteiger partial charge is 0.161 e. The predicted molar refractivity (Wildman–Crippen MR) is 116 cm³/mol. The summed E-state index contributed by atoms with van der Waals surface area (Å²) in [5.41, 5.74) is 4.82. The predicted octanol–water partition coefficient (Wildman–Crippen LogP) is 6.30. The summed E-state index contributed by atoms with van der Waals surface area (Å²) in [5.74, 6) is 2.34. The molecule has 4 aromatic rings. The molecule has 0 aliphatic carbocycles. The molecular weight excluding hydrogens is 348 g/mol. The fourth-order valence-electron chi connectivity index (χ4n) is 3.91. The van der Waals surface area contributed by atoms with E-state index < -0.39 is 0 Å². The Labute approximate surface area is 165 Å². The van der Waals surface area contributed by atoms with Gasteiger partial charge < -0.3 is 14.2 Å². The van der Waals surface area contributed by atoms with E-state index in [4.69, 9.17) is 14.2 Å². The van der Waals surface area contributed by atoms with Crippen LogP contribution < -0.4 is 14.2 Å². The Kier molecular flexibility index (Phi) is 4.60. The molecule has 0 saturated carbocycles. The van der Waals surface area contributed by atoms with Crippen molar-refractivity contribution in [3.63, 3.8) is 0 Å². The molecule has 0 unspecified atom stereocenters. The van der Waals surface area contributed by atoms with E-state index in [-0.39, 0.29) is 0 Å². The van der Waals surface area contributed by atoms with Crippen LogP contribution in [0.2, 0.25) is 0 Å². The molecule has 0 aromatic heterocycles. The molecule has 0 atom stereocenters. The summed E-state index contributed by atoms with van der Waals surface area (Å²) >= 11 is 0. The molecule has 0 amide bonds. The third-order valence-corrected chi connectivity index (χ3v) is 5.20. The van der Waals surface area contributed by atoms with Gasteiger partial charge >= 0.3 is 0 Å². The molecule has 0 heterocycles. The largest absolute Gasteiger partial charge is 0.497 e. The summed E-state index contributed by atoms with van der Waals surface area (Å²) in [6, 6.07) is 19.2. The van der Waals surface area contributed by atoms with Gasteiger partial charge in [0.2, 0.25) is 0 Å². The van der Waals surface area contributed by atoms with Crippen LogP contribution in [-0.2, 0) is 0 Å². The second-order valence-corrected chi connectivity index (χ2v) is 7.14. The monoisotopic (exact) mass is 372 g/mol. The number of fused-ring (bicyclic) bond motifs is 2. The maximum atomic E-state index is 5.57. The average Bonchev–Trinajstić information content (AvgIpc) is 2.70. The normalized spacial score (nSPS) is 11.0. The SMILES string of the molecule is COc1ccc2c(-c3cc(C)cc4cc(OC)c(OC)cc34)cc(C)cc2c1. The standard InChI is InChI=1S/C25H24O3/c1-15-8-17-12-19(26-3)6-7-20(17)22(10-15)23-11-16(2)9-18-13-24(27-4)25(28-5)14-21(18)23/h6-14H,1-5H3. The van der Waals surface area contributed by atoms with Gasteiger partial charge in [0.15, 0.2) is 11.5 Å². The third kappa shape index (κ3) is 3.03. The minimum atomic E-state index is 0.735. The lowest BCUT2D eigenvalue weighted by atomic mass is 9.91. The molecule has 0 aliphatic rings. The van der Waals surface area contributed by atoms with Crippen LogP contribution in [0.1, 0.15) is 11.1 Å². The number of hydrogen-bond donors (Lipinski definition) is 0. The van der Waals surface area contributed by atoms with Gasteiger partial charge in [-0.05, 0) is 81.9 Å². The van der Waals surface area contributed by atoms with Crippen molar-refractivity contribution < 1.29 is 14.2 Å². The van der Waals surface area contributed by atoms with Gasteiger partial charge in [-0.3, -0.25) is 0 Å². The first-order chi connectivity index (χ1) is 13.5. The van der Waals surface area contributed by atoms with Crippen LogP contribution in [0.15, 0.2) is 54.6 Å². The van der Waals surface area contributed by atoms with E-state index in [1.54, 1.807) is 21.3 Å². The molecule has 28 heavy (non-hydrogen) atoms. The van der Waals surface area contributed by atoms with Gasteiger partial charge in [-0.1, -0.05) is 30.3 Å². The first-order valence-electron chi connectivity index (χ1n) is 9.29. The van der Waals surface area contributed by atoms with Crippen molar-refractivity contribution >= 4 is 21.5 Å². The summed E-state index contributed by atoms with van der Waals surface area (Å²) < 4.78 is 16.5. The molecule has 0 fully saturated rings. The van der Waals surface area contributed by atoms with E-state index in [1.807, 2.05) is 12.1 Å². The molecule has 0 aliphatic heterocycles. The summed E-state index contributed by atoms with van der Waals surface area (Å²) in [4.78, 5) is 0. The fraction of sp³-hybridized carbons (Fsp3) is 0.200. The van der Waals surface area contributed by atoms with Crippen molar-refractivity contribution in [3.05, 3.63) is 65.7 Å². The molecule has 4 rings (SSSR count). The molecule has 0 bridgehead atoms. The molecule has 3 heteroatoms. The minimum Gasteiger partial charge on any atom is -0.497 e. The molecule has 0 saturated heterocycles. The van der Waals surface area contributed by atoms with E-state index in [9.17, 15) is 0 Å². The molecule has 4 aromatic carbocycles. The van der Waals surface area contributed by atoms with Crippen LogP contribution >= 0.6 is 0 Å². The van der Waals surface area contributed by atoms with Crippen LogP contribution in [0.5, 0.6) is 17.2 Å². The van der Waals surface area contributed by atoms with Crippen LogP contribution in [-0.4, -0.2) is 21.3 Å². The highest BCUT2D eigenvalue weighted by atomic mass is 16.5. The highest BCUT2D eigenvalue weighted by Crippen LogP contribution is 2.40. The Morgan fingerprint density at radius 2 is 1.11 bits per heavy atom.